The molecule has 1 saturated carbocycles. The summed E-state index contributed by atoms with van der Waals surface area (Å²) >= 11 is 0. The Morgan fingerprint density at radius 1 is 1.00 bits per heavy atom. The molecule has 0 spiro atoms. The summed E-state index contributed by atoms with van der Waals surface area (Å²) in [7, 11) is 0. The van der Waals surface area contributed by atoms with Crippen LogP contribution in [0.3, 0.4) is 0 Å². The molecule has 0 bridgehead atoms. The van der Waals surface area contributed by atoms with Gasteiger partial charge < -0.3 is 5.11 Å². The second-order valence-electron chi connectivity index (χ2n) is 6.85. The topological polar surface area (TPSA) is 37.3 Å². The van der Waals surface area contributed by atoms with E-state index in [9.17, 15) is 4.79 Å². The average molecular weight is 302 g/mol. The van der Waals surface area contributed by atoms with Gasteiger partial charge in [0, 0.05) is 0 Å². The minimum atomic E-state index is -0.835. The van der Waals surface area contributed by atoms with Crippen molar-refractivity contribution in [3.05, 3.63) is 35.4 Å². The fourth-order valence-corrected chi connectivity index (χ4v) is 3.72. The van der Waals surface area contributed by atoms with Crippen LogP contribution in [0.25, 0.3) is 0 Å². The molecule has 0 unspecified atom stereocenters. The highest BCUT2D eigenvalue weighted by atomic mass is 16.4. The number of carbonyl (C=O) groups is 1. The summed E-state index contributed by atoms with van der Waals surface area (Å²) in [6.07, 6.45) is 13.6. The van der Waals surface area contributed by atoms with E-state index in [1.807, 2.05) is 12.1 Å². The molecular weight excluding hydrogens is 272 g/mol. The van der Waals surface area contributed by atoms with Gasteiger partial charge in [-0.25, -0.2) is 4.79 Å². The van der Waals surface area contributed by atoms with Crippen LogP contribution in [0.15, 0.2) is 24.3 Å². The molecule has 22 heavy (non-hydrogen) atoms. The number of unbranched alkanes of at least 4 members (excludes halogenated alkanes) is 4. The molecule has 0 amide bonds. The molecule has 1 aliphatic carbocycles. The quantitative estimate of drug-likeness (QED) is 0.596. The lowest BCUT2D eigenvalue weighted by molar-refractivity contribution is 0.0697. The van der Waals surface area contributed by atoms with E-state index in [1.54, 1.807) is 12.1 Å². The molecule has 0 aromatic heterocycles. The third-order valence-corrected chi connectivity index (χ3v) is 5.19. The maximum absolute atomic E-state index is 10.9. The standard InChI is InChI=1S/C20H30O2/c1-2-3-4-5-6-7-16-8-10-17(11-9-16)18-12-14-19(15-13-18)20(21)22/h12-17H,2-11H2,1H3,(H,21,22). The molecule has 1 aliphatic rings. The van der Waals surface area contributed by atoms with Crippen molar-refractivity contribution in [3.63, 3.8) is 0 Å². The fraction of sp³-hybridized carbons (Fsp3) is 0.650. The first-order valence-corrected chi connectivity index (χ1v) is 9.04. The lowest BCUT2D eigenvalue weighted by Gasteiger charge is -2.29. The Kier molecular flexibility index (Phi) is 6.95. The third kappa shape index (κ3) is 5.15. The maximum Gasteiger partial charge on any atom is 0.335 e. The Balaban J connectivity index is 1.71. The molecule has 2 heteroatoms. The van der Waals surface area contributed by atoms with Crippen molar-refractivity contribution in [2.24, 2.45) is 5.92 Å². The van der Waals surface area contributed by atoms with Crippen molar-refractivity contribution in [2.75, 3.05) is 0 Å². The smallest absolute Gasteiger partial charge is 0.335 e. The molecule has 1 aromatic rings. The van der Waals surface area contributed by atoms with Gasteiger partial charge in [-0.15, -0.1) is 0 Å². The highest BCUT2D eigenvalue weighted by Crippen LogP contribution is 2.37. The zero-order chi connectivity index (χ0) is 15.8. The van der Waals surface area contributed by atoms with Gasteiger partial charge in [0.25, 0.3) is 0 Å². The molecule has 1 aromatic carbocycles. The van der Waals surface area contributed by atoms with Crippen LogP contribution in [-0.2, 0) is 0 Å². The van der Waals surface area contributed by atoms with Crippen LogP contribution in [0.4, 0.5) is 0 Å². The Labute approximate surface area is 134 Å². The van der Waals surface area contributed by atoms with Gasteiger partial charge in [-0.1, -0.05) is 57.6 Å². The summed E-state index contributed by atoms with van der Waals surface area (Å²) in [6, 6.07) is 7.52. The van der Waals surface area contributed by atoms with Crippen LogP contribution in [0.5, 0.6) is 0 Å². The van der Waals surface area contributed by atoms with Crippen molar-refractivity contribution >= 4 is 5.97 Å². The van der Waals surface area contributed by atoms with Crippen LogP contribution < -0.4 is 0 Å². The Hall–Kier alpha value is -1.31. The number of rotatable bonds is 8. The van der Waals surface area contributed by atoms with Gasteiger partial charge in [0.05, 0.1) is 5.56 Å². The second-order valence-corrected chi connectivity index (χ2v) is 6.85. The van der Waals surface area contributed by atoms with Gasteiger partial charge in [0.2, 0.25) is 0 Å². The molecule has 0 saturated heterocycles. The number of aromatic carboxylic acids is 1. The monoisotopic (exact) mass is 302 g/mol. The van der Waals surface area contributed by atoms with Crippen molar-refractivity contribution in [2.45, 2.75) is 77.0 Å². The van der Waals surface area contributed by atoms with Gasteiger partial charge in [0.1, 0.15) is 0 Å². The molecule has 0 aliphatic heterocycles. The summed E-state index contributed by atoms with van der Waals surface area (Å²) in [6.45, 7) is 2.27. The van der Waals surface area contributed by atoms with E-state index in [1.165, 1.54) is 69.8 Å². The minimum absolute atomic E-state index is 0.393. The highest BCUT2D eigenvalue weighted by Gasteiger charge is 2.22. The number of carboxylic acid groups (broad SMARTS) is 1. The number of benzene rings is 1. The Bertz CT molecular complexity index is 441. The van der Waals surface area contributed by atoms with E-state index in [2.05, 4.69) is 6.92 Å². The number of hydrogen-bond acceptors (Lipinski definition) is 1. The average Bonchev–Trinajstić information content (AvgIpc) is 2.55. The predicted molar refractivity (Wildman–Crippen MR) is 91.5 cm³/mol. The van der Waals surface area contributed by atoms with E-state index in [0.29, 0.717) is 11.5 Å². The molecule has 1 N–H and O–H groups in total. The van der Waals surface area contributed by atoms with Crippen LogP contribution in [-0.4, -0.2) is 11.1 Å². The number of carboxylic acids is 1. The predicted octanol–water partition coefficient (Wildman–Crippen LogP) is 6.02. The molecule has 0 atom stereocenters. The Morgan fingerprint density at radius 2 is 1.64 bits per heavy atom. The summed E-state index contributed by atoms with van der Waals surface area (Å²) in [5.74, 6) is 0.730. The zero-order valence-electron chi connectivity index (χ0n) is 13.9. The van der Waals surface area contributed by atoms with E-state index >= 15 is 0 Å². The van der Waals surface area contributed by atoms with Crippen molar-refractivity contribution in [1.29, 1.82) is 0 Å². The van der Waals surface area contributed by atoms with E-state index in [-0.39, 0.29) is 0 Å². The molecule has 0 radical (unpaired) electrons. The van der Waals surface area contributed by atoms with Crippen LogP contribution in [0.2, 0.25) is 0 Å². The highest BCUT2D eigenvalue weighted by molar-refractivity contribution is 5.87. The SMILES string of the molecule is CCCCCCCC1CCC(c2ccc(C(=O)O)cc2)CC1. The molecule has 0 heterocycles. The molecule has 2 rings (SSSR count). The van der Waals surface area contributed by atoms with Crippen LogP contribution in [0.1, 0.15) is 93.0 Å². The van der Waals surface area contributed by atoms with Gasteiger partial charge >= 0.3 is 5.97 Å². The second kappa shape index (κ2) is 8.97. The molecule has 2 nitrogen and oxygen atoms in total. The van der Waals surface area contributed by atoms with Gasteiger partial charge in [-0.2, -0.15) is 0 Å². The third-order valence-electron chi connectivity index (χ3n) is 5.19. The van der Waals surface area contributed by atoms with Gasteiger partial charge in [-0.3, -0.25) is 0 Å². The van der Waals surface area contributed by atoms with E-state index in [4.69, 9.17) is 5.11 Å². The minimum Gasteiger partial charge on any atom is -0.478 e. The summed E-state index contributed by atoms with van der Waals surface area (Å²) in [5, 5.41) is 8.96. The lowest BCUT2D eigenvalue weighted by Crippen LogP contribution is -2.13. The Morgan fingerprint density at radius 3 is 2.23 bits per heavy atom. The van der Waals surface area contributed by atoms with Crippen molar-refractivity contribution in [3.8, 4) is 0 Å². The van der Waals surface area contributed by atoms with E-state index < -0.39 is 5.97 Å². The summed E-state index contributed by atoms with van der Waals surface area (Å²) < 4.78 is 0. The summed E-state index contributed by atoms with van der Waals surface area (Å²) in [4.78, 5) is 10.9. The zero-order valence-corrected chi connectivity index (χ0v) is 13.9. The molecule has 122 valence electrons. The first-order valence-electron chi connectivity index (χ1n) is 9.04. The number of hydrogen-bond donors (Lipinski definition) is 1. The first kappa shape index (κ1) is 17.1. The fourth-order valence-electron chi connectivity index (χ4n) is 3.72. The molecular formula is C20H30O2. The normalized spacial score (nSPS) is 21.7. The summed E-state index contributed by atoms with van der Waals surface area (Å²) in [5.41, 5.74) is 1.72. The van der Waals surface area contributed by atoms with Crippen LogP contribution in [0, 0.1) is 5.92 Å². The molecule has 1 fully saturated rings. The first-order chi connectivity index (χ1) is 10.7. The lowest BCUT2D eigenvalue weighted by atomic mass is 9.77. The van der Waals surface area contributed by atoms with Gasteiger partial charge in [-0.05, 0) is 55.2 Å². The van der Waals surface area contributed by atoms with Gasteiger partial charge in [0.15, 0.2) is 0 Å². The largest absolute Gasteiger partial charge is 0.478 e. The van der Waals surface area contributed by atoms with E-state index in [0.717, 1.165) is 5.92 Å². The van der Waals surface area contributed by atoms with Crippen molar-refractivity contribution in [1.82, 2.24) is 0 Å². The maximum atomic E-state index is 10.9. The van der Waals surface area contributed by atoms with Crippen molar-refractivity contribution < 1.29 is 9.90 Å². The van der Waals surface area contributed by atoms with Crippen LogP contribution >= 0.6 is 0 Å².